The van der Waals surface area contributed by atoms with Gasteiger partial charge in [-0.15, -0.1) is 0 Å². The summed E-state index contributed by atoms with van der Waals surface area (Å²) in [7, 11) is 1.22. The Labute approximate surface area is 98.1 Å². The number of nitrogens with one attached hydrogen (secondary N) is 1. The van der Waals surface area contributed by atoms with Crippen molar-refractivity contribution in [2.24, 2.45) is 0 Å². The van der Waals surface area contributed by atoms with E-state index in [0.29, 0.717) is 12.8 Å². The van der Waals surface area contributed by atoms with Gasteiger partial charge in [-0.3, -0.25) is 4.79 Å². The average Bonchev–Trinajstić information content (AvgIpc) is 2.77. The molecule has 1 saturated heterocycles. The van der Waals surface area contributed by atoms with Crippen molar-refractivity contribution in [3.8, 4) is 0 Å². The summed E-state index contributed by atoms with van der Waals surface area (Å²) in [4.78, 5) is 33.3. The normalized spacial score (nSPS) is 25.1. The van der Waals surface area contributed by atoms with Crippen LogP contribution in [0.1, 0.15) is 19.8 Å². The van der Waals surface area contributed by atoms with Crippen LogP contribution in [0.2, 0.25) is 0 Å². The summed E-state index contributed by atoms with van der Waals surface area (Å²) in [6.45, 7) is 1.48. The third kappa shape index (κ3) is 3.42. The summed E-state index contributed by atoms with van der Waals surface area (Å²) in [6, 6.07) is -0.778. The predicted octanol–water partition coefficient (Wildman–Crippen LogP) is -0.704. The van der Waals surface area contributed by atoms with Crippen LogP contribution in [0.25, 0.3) is 0 Å². The zero-order valence-corrected chi connectivity index (χ0v) is 9.63. The lowest BCUT2D eigenvalue weighted by Gasteiger charge is -2.15. The van der Waals surface area contributed by atoms with Crippen molar-refractivity contribution in [1.82, 2.24) is 5.32 Å². The van der Waals surface area contributed by atoms with Gasteiger partial charge in [-0.1, -0.05) is 0 Å². The van der Waals surface area contributed by atoms with Crippen molar-refractivity contribution in [2.75, 3.05) is 7.11 Å². The molecule has 7 heteroatoms. The van der Waals surface area contributed by atoms with E-state index in [9.17, 15) is 14.4 Å². The number of esters is 1. The smallest absolute Gasteiger partial charge is 0.332 e. The molecule has 2 N–H and O–H groups in total. The van der Waals surface area contributed by atoms with E-state index >= 15 is 0 Å². The van der Waals surface area contributed by atoms with Crippen LogP contribution in [0.4, 0.5) is 0 Å². The lowest BCUT2D eigenvalue weighted by molar-refractivity contribution is -0.153. The summed E-state index contributed by atoms with van der Waals surface area (Å²) >= 11 is 0. The highest BCUT2D eigenvalue weighted by atomic mass is 16.5. The van der Waals surface area contributed by atoms with Crippen LogP contribution in [-0.4, -0.2) is 48.3 Å². The topological polar surface area (TPSA) is 102 Å². The van der Waals surface area contributed by atoms with Gasteiger partial charge in [-0.05, 0) is 19.8 Å². The minimum absolute atomic E-state index is 0.292. The Morgan fingerprint density at radius 1 is 1.35 bits per heavy atom. The second-order valence-corrected chi connectivity index (χ2v) is 3.78. The molecule has 0 aliphatic carbocycles. The number of hydrogen-bond donors (Lipinski definition) is 2. The molecule has 0 aromatic rings. The lowest BCUT2D eigenvalue weighted by Crippen LogP contribution is -2.44. The Hall–Kier alpha value is -1.63. The average molecular weight is 245 g/mol. The van der Waals surface area contributed by atoms with E-state index in [-0.39, 0.29) is 0 Å². The van der Waals surface area contributed by atoms with Crippen molar-refractivity contribution >= 4 is 17.8 Å². The molecular formula is C10H15NO6. The molecule has 7 nitrogen and oxygen atoms in total. The van der Waals surface area contributed by atoms with Gasteiger partial charge in [0.25, 0.3) is 0 Å². The number of carbonyl (C=O) groups is 3. The number of carbonyl (C=O) groups excluding carboxylic acids is 2. The number of hydrogen-bond acceptors (Lipinski definition) is 5. The molecule has 0 radical (unpaired) electrons. The Kier molecular flexibility index (Phi) is 4.45. The first-order chi connectivity index (χ1) is 7.95. The fourth-order valence-electron chi connectivity index (χ4n) is 1.55. The van der Waals surface area contributed by atoms with Crippen LogP contribution in [0.3, 0.4) is 0 Å². The van der Waals surface area contributed by atoms with Crippen molar-refractivity contribution in [3.05, 3.63) is 0 Å². The minimum atomic E-state index is -1.08. The third-order valence-electron chi connectivity index (χ3n) is 2.50. The number of aliphatic carboxylic acids is 1. The first-order valence-electron chi connectivity index (χ1n) is 5.22. The number of ether oxygens (including phenoxy) is 2. The molecule has 17 heavy (non-hydrogen) atoms. The molecule has 1 aliphatic rings. The standard InChI is InChI=1S/C10H15NO6/c1-5(10(15)16-2)11-8(12)6-3-4-7(17-6)9(13)14/h5-7H,3-4H2,1-2H3,(H,11,12)(H,13,14). The van der Waals surface area contributed by atoms with E-state index in [1.807, 2.05) is 0 Å². The largest absolute Gasteiger partial charge is 0.479 e. The maximum absolute atomic E-state index is 11.6. The molecule has 0 saturated carbocycles. The second kappa shape index (κ2) is 5.62. The molecule has 3 unspecified atom stereocenters. The SMILES string of the molecule is COC(=O)C(C)NC(=O)C1CCC(C(=O)O)O1. The maximum atomic E-state index is 11.6. The molecule has 96 valence electrons. The van der Waals surface area contributed by atoms with Crippen LogP contribution < -0.4 is 5.32 Å². The maximum Gasteiger partial charge on any atom is 0.332 e. The summed E-state index contributed by atoms with van der Waals surface area (Å²) in [5, 5.41) is 11.1. The summed E-state index contributed by atoms with van der Waals surface area (Å²) < 4.78 is 9.48. The fraction of sp³-hybridized carbons (Fsp3) is 0.700. The van der Waals surface area contributed by atoms with Crippen LogP contribution >= 0.6 is 0 Å². The predicted molar refractivity (Wildman–Crippen MR) is 55.2 cm³/mol. The molecule has 0 aromatic heterocycles. The van der Waals surface area contributed by atoms with Gasteiger partial charge in [0.1, 0.15) is 12.1 Å². The molecule has 1 amide bonds. The van der Waals surface area contributed by atoms with Gasteiger partial charge in [0, 0.05) is 0 Å². The van der Waals surface area contributed by atoms with Crippen LogP contribution in [0.15, 0.2) is 0 Å². The van der Waals surface area contributed by atoms with Gasteiger partial charge >= 0.3 is 11.9 Å². The number of rotatable bonds is 4. The number of carboxylic acid groups (broad SMARTS) is 1. The number of carboxylic acids is 1. The zero-order chi connectivity index (χ0) is 13.0. The Bertz CT molecular complexity index is 329. The van der Waals surface area contributed by atoms with E-state index in [1.165, 1.54) is 14.0 Å². The highest BCUT2D eigenvalue weighted by molar-refractivity contribution is 5.87. The van der Waals surface area contributed by atoms with E-state index < -0.39 is 36.1 Å². The Morgan fingerprint density at radius 2 is 1.94 bits per heavy atom. The first-order valence-corrected chi connectivity index (χ1v) is 5.22. The van der Waals surface area contributed by atoms with Crippen molar-refractivity contribution < 1.29 is 29.0 Å². The van der Waals surface area contributed by atoms with Gasteiger partial charge in [-0.25, -0.2) is 9.59 Å². The molecule has 0 spiro atoms. The third-order valence-corrected chi connectivity index (χ3v) is 2.50. The van der Waals surface area contributed by atoms with Crippen LogP contribution in [-0.2, 0) is 23.9 Å². The molecule has 1 aliphatic heterocycles. The van der Waals surface area contributed by atoms with E-state index in [0.717, 1.165) is 0 Å². The van der Waals surface area contributed by atoms with Crippen molar-refractivity contribution in [1.29, 1.82) is 0 Å². The molecule has 0 aromatic carbocycles. The van der Waals surface area contributed by atoms with E-state index in [1.54, 1.807) is 0 Å². The fourth-order valence-corrected chi connectivity index (χ4v) is 1.55. The lowest BCUT2D eigenvalue weighted by atomic mass is 10.2. The summed E-state index contributed by atoms with van der Waals surface area (Å²) in [5.41, 5.74) is 0. The highest BCUT2D eigenvalue weighted by Crippen LogP contribution is 2.20. The van der Waals surface area contributed by atoms with Gasteiger partial charge in [-0.2, -0.15) is 0 Å². The van der Waals surface area contributed by atoms with Gasteiger partial charge in [0.2, 0.25) is 5.91 Å². The quantitative estimate of drug-likeness (QED) is 0.635. The monoisotopic (exact) mass is 245 g/mol. The number of methoxy groups -OCH3 is 1. The molecule has 1 fully saturated rings. The van der Waals surface area contributed by atoms with E-state index in [2.05, 4.69) is 10.1 Å². The Morgan fingerprint density at radius 3 is 2.41 bits per heavy atom. The highest BCUT2D eigenvalue weighted by Gasteiger charge is 2.35. The summed E-state index contributed by atoms with van der Waals surface area (Å²) in [5.74, 6) is -2.14. The zero-order valence-electron chi connectivity index (χ0n) is 9.63. The minimum Gasteiger partial charge on any atom is -0.479 e. The molecule has 1 heterocycles. The van der Waals surface area contributed by atoms with Gasteiger partial charge in [0.15, 0.2) is 6.10 Å². The molecule has 0 bridgehead atoms. The van der Waals surface area contributed by atoms with E-state index in [4.69, 9.17) is 9.84 Å². The Balaban J connectivity index is 2.45. The second-order valence-electron chi connectivity index (χ2n) is 3.78. The van der Waals surface area contributed by atoms with Crippen molar-refractivity contribution in [2.45, 2.75) is 38.0 Å². The van der Waals surface area contributed by atoms with Gasteiger partial charge in [0.05, 0.1) is 7.11 Å². The van der Waals surface area contributed by atoms with Crippen LogP contribution in [0.5, 0.6) is 0 Å². The van der Waals surface area contributed by atoms with Crippen LogP contribution in [0, 0.1) is 0 Å². The molecule has 1 rings (SSSR count). The number of amides is 1. The molecular weight excluding hydrogens is 230 g/mol. The first kappa shape index (κ1) is 13.4. The summed E-state index contributed by atoms with van der Waals surface area (Å²) in [6.07, 6.45) is -1.14. The van der Waals surface area contributed by atoms with Gasteiger partial charge < -0.3 is 19.9 Å². The molecule has 3 atom stereocenters. The van der Waals surface area contributed by atoms with Crippen molar-refractivity contribution in [3.63, 3.8) is 0 Å².